The molecule has 2 rings (SSSR count). The Labute approximate surface area is 111 Å². The maximum Gasteiger partial charge on any atom is 0.255 e. The van der Waals surface area contributed by atoms with Gasteiger partial charge in [-0.3, -0.25) is 4.79 Å². The summed E-state index contributed by atoms with van der Waals surface area (Å²) in [5.74, 6) is -0.527. The molecule has 0 radical (unpaired) electrons. The van der Waals surface area contributed by atoms with E-state index in [0.717, 1.165) is 19.3 Å². The summed E-state index contributed by atoms with van der Waals surface area (Å²) in [6.07, 6.45) is 2.95. The molecule has 4 nitrogen and oxygen atoms in total. The van der Waals surface area contributed by atoms with Crippen LogP contribution in [0.3, 0.4) is 0 Å². The molecule has 1 fully saturated rings. The number of halogens is 1. The van der Waals surface area contributed by atoms with Gasteiger partial charge in [0.15, 0.2) is 0 Å². The molecule has 1 saturated carbocycles. The summed E-state index contributed by atoms with van der Waals surface area (Å²) in [5, 5.41) is 22.6. The number of phenols is 1. The quantitative estimate of drug-likeness (QED) is 0.770. The molecule has 0 saturated heterocycles. The third-order valence-corrected chi connectivity index (χ3v) is 3.49. The fraction of sp³-hybridized carbons (Fsp3) is 0.462. The predicted octanol–water partition coefficient (Wildman–Crippen LogP) is 2.08. The summed E-state index contributed by atoms with van der Waals surface area (Å²) >= 11 is 5.70. The Hall–Kier alpha value is -1.26. The van der Waals surface area contributed by atoms with Gasteiger partial charge in [0.1, 0.15) is 5.75 Å². The number of carbonyl (C=O) groups excluding carboxylic acids is 1. The summed E-state index contributed by atoms with van der Waals surface area (Å²) in [5.41, 5.74) is 0.178. The molecular formula is C13H16ClNO3. The predicted molar refractivity (Wildman–Crippen MR) is 68.8 cm³/mol. The first-order valence-corrected chi connectivity index (χ1v) is 6.43. The van der Waals surface area contributed by atoms with E-state index < -0.39 is 6.10 Å². The van der Waals surface area contributed by atoms with Gasteiger partial charge in [-0.1, -0.05) is 24.4 Å². The number of aromatic hydroxyl groups is 1. The Morgan fingerprint density at radius 3 is 2.72 bits per heavy atom. The van der Waals surface area contributed by atoms with Gasteiger partial charge >= 0.3 is 0 Å². The Bertz CT molecular complexity index is 450. The van der Waals surface area contributed by atoms with Crippen LogP contribution in [-0.2, 0) is 0 Å². The van der Waals surface area contributed by atoms with E-state index in [2.05, 4.69) is 5.32 Å². The zero-order valence-electron chi connectivity index (χ0n) is 9.90. The van der Waals surface area contributed by atoms with Gasteiger partial charge in [0.25, 0.3) is 5.91 Å². The van der Waals surface area contributed by atoms with Crippen LogP contribution in [0.1, 0.15) is 36.0 Å². The summed E-state index contributed by atoms with van der Waals surface area (Å²) in [4.78, 5) is 12.0. The minimum Gasteiger partial charge on any atom is -0.507 e. The van der Waals surface area contributed by atoms with E-state index in [1.165, 1.54) is 12.1 Å². The Kier molecular flexibility index (Phi) is 4.09. The number of aliphatic hydroxyl groups is 1. The van der Waals surface area contributed by atoms with E-state index in [1.54, 1.807) is 6.07 Å². The highest BCUT2D eigenvalue weighted by molar-refractivity contribution is 6.30. The normalized spacial score (nSPS) is 23.7. The van der Waals surface area contributed by atoms with Gasteiger partial charge in [-0.25, -0.2) is 0 Å². The van der Waals surface area contributed by atoms with E-state index in [-0.39, 0.29) is 23.3 Å². The van der Waals surface area contributed by atoms with Crippen molar-refractivity contribution in [1.29, 1.82) is 0 Å². The van der Waals surface area contributed by atoms with E-state index in [1.807, 2.05) is 0 Å². The van der Waals surface area contributed by atoms with Gasteiger partial charge in [-0.2, -0.15) is 0 Å². The van der Waals surface area contributed by atoms with Crippen LogP contribution in [0.5, 0.6) is 5.75 Å². The molecule has 5 heteroatoms. The van der Waals surface area contributed by atoms with Crippen molar-refractivity contribution in [3.63, 3.8) is 0 Å². The molecule has 3 N–H and O–H groups in total. The van der Waals surface area contributed by atoms with Gasteiger partial charge in [0.05, 0.1) is 17.7 Å². The topological polar surface area (TPSA) is 69.6 Å². The van der Waals surface area contributed by atoms with Crippen LogP contribution in [0.4, 0.5) is 0 Å². The largest absolute Gasteiger partial charge is 0.507 e. The smallest absolute Gasteiger partial charge is 0.255 e. The monoisotopic (exact) mass is 269 g/mol. The van der Waals surface area contributed by atoms with Crippen molar-refractivity contribution in [2.45, 2.75) is 37.8 Å². The van der Waals surface area contributed by atoms with Crippen LogP contribution in [0, 0.1) is 0 Å². The Morgan fingerprint density at radius 2 is 2.06 bits per heavy atom. The maximum absolute atomic E-state index is 12.0. The number of benzene rings is 1. The molecule has 0 heterocycles. The molecule has 1 aliphatic rings. The van der Waals surface area contributed by atoms with Crippen molar-refractivity contribution in [2.24, 2.45) is 0 Å². The third kappa shape index (κ3) is 2.94. The van der Waals surface area contributed by atoms with E-state index >= 15 is 0 Å². The van der Waals surface area contributed by atoms with E-state index in [9.17, 15) is 15.0 Å². The number of nitrogens with one attached hydrogen (secondary N) is 1. The second kappa shape index (κ2) is 5.59. The highest BCUT2D eigenvalue weighted by Crippen LogP contribution is 2.23. The number of amides is 1. The molecule has 1 aliphatic carbocycles. The van der Waals surface area contributed by atoms with Crippen molar-refractivity contribution in [2.75, 3.05) is 0 Å². The first kappa shape index (κ1) is 13.2. The number of phenolic OH excluding ortho intramolecular Hbond substituents is 1. The third-order valence-electron chi connectivity index (χ3n) is 3.25. The number of hydrogen-bond acceptors (Lipinski definition) is 3. The molecule has 2 atom stereocenters. The average molecular weight is 270 g/mol. The molecular weight excluding hydrogens is 254 g/mol. The van der Waals surface area contributed by atoms with Crippen LogP contribution in [0.2, 0.25) is 5.02 Å². The Morgan fingerprint density at radius 1 is 1.33 bits per heavy atom. The van der Waals surface area contributed by atoms with Crippen LogP contribution < -0.4 is 5.32 Å². The molecule has 1 aromatic carbocycles. The van der Waals surface area contributed by atoms with Gasteiger partial charge in [-0.05, 0) is 31.0 Å². The fourth-order valence-electron chi connectivity index (χ4n) is 2.22. The molecule has 2 unspecified atom stereocenters. The molecule has 1 aromatic rings. The zero-order valence-corrected chi connectivity index (χ0v) is 10.7. The molecule has 0 bridgehead atoms. The molecule has 1 amide bonds. The SMILES string of the molecule is O=C(NC1CCCCC1O)c1ccc(Cl)cc1O. The molecule has 18 heavy (non-hydrogen) atoms. The molecule has 0 aromatic heterocycles. The number of carbonyl (C=O) groups is 1. The van der Waals surface area contributed by atoms with Crippen molar-refractivity contribution in [3.8, 4) is 5.75 Å². The lowest BCUT2D eigenvalue weighted by molar-refractivity contribution is 0.0715. The summed E-state index contributed by atoms with van der Waals surface area (Å²) in [6.45, 7) is 0. The average Bonchev–Trinajstić information content (AvgIpc) is 2.32. The van der Waals surface area contributed by atoms with Crippen molar-refractivity contribution < 1.29 is 15.0 Å². The highest BCUT2D eigenvalue weighted by Gasteiger charge is 2.25. The van der Waals surface area contributed by atoms with E-state index in [0.29, 0.717) is 11.4 Å². The van der Waals surface area contributed by atoms with Gasteiger partial charge in [-0.15, -0.1) is 0 Å². The second-order valence-corrected chi connectivity index (χ2v) is 5.03. The van der Waals surface area contributed by atoms with Gasteiger partial charge in [0, 0.05) is 5.02 Å². The first-order valence-electron chi connectivity index (χ1n) is 6.05. The Balaban J connectivity index is 2.07. The lowest BCUT2D eigenvalue weighted by atomic mass is 9.92. The summed E-state index contributed by atoms with van der Waals surface area (Å²) in [7, 11) is 0. The van der Waals surface area contributed by atoms with Crippen LogP contribution in [-0.4, -0.2) is 28.3 Å². The van der Waals surface area contributed by atoms with Crippen LogP contribution >= 0.6 is 11.6 Å². The van der Waals surface area contributed by atoms with Crippen LogP contribution in [0.15, 0.2) is 18.2 Å². The van der Waals surface area contributed by atoms with Crippen molar-refractivity contribution in [3.05, 3.63) is 28.8 Å². The van der Waals surface area contributed by atoms with Gasteiger partial charge in [0.2, 0.25) is 0 Å². The fourth-order valence-corrected chi connectivity index (χ4v) is 2.39. The number of hydrogen-bond donors (Lipinski definition) is 3. The minimum atomic E-state index is -0.503. The molecule has 0 aliphatic heterocycles. The highest BCUT2D eigenvalue weighted by atomic mass is 35.5. The van der Waals surface area contributed by atoms with E-state index in [4.69, 9.17) is 11.6 Å². The van der Waals surface area contributed by atoms with Crippen LogP contribution in [0.25, 0.3) is 0 Å². The van der Waals surface area contributed by atoms with Crippen molar-refractivity contribution >= 4 is 17.5 Å². The standard InChI is InChI=1S/C13H16ClNO3/c14-8-5-6-9(12(17)7-8)13(18)15-10-3-1-2-4-11(10)16/h5-7,10-11,16-17H,1-4H2,(H,15,18). The lowest BCUT2D eigenvalue weighted by Crippen LogP contribution is -2.45. The molecule has 98 valence electrons. The number of aliphatic hydroxyl groups excluding tert-OH is 1. The maximum atomic E-state index is 12.0. The second-order valence-electron chi connectivity index (χ2n) is 4.59. The summed E-state index contributed by atoms with van der Waals surface area (Å²) < 4.78 is 0. The first-order chi connectivity index (χ1) is 8.58. The zero-order chi connectivity index (χ0) is 13.1. The van der Waals surface area contributed by atoms with Crippen molar-refractivity contribution in [1.82, 2.24) is 5.32 Å². The number of rotatable bonds is 2. The lowest BCUT2D eigenvalue weighted by Gasteiger charge is -2.28. The minimum absolute atomic E-state index is 0.148. The van der Waals surface area contributed by atoms with Gasteiger partial charge < -0.3 is 15.5 Å². The summed E-state index contributed by atoms with van der Waals surface area (Å²) in [6, 6.07) is 4.12. The molecule has 0 spiro atoms.